The smallest absolute Gasteiger partial charge is 0.182 e. The fraction of sp³-hybridized carbons (Fsp3) is 0.188. The lowest BCUT2D eigenvalue weighted by Crippen LogP contribution is -1.95. The molecule has 0 saturated heterocycles. The van der Waals surface area contributed by atoms with Gasteiger partial charge >= 0.3 is 0 Å². The van der Waals surface area contributed by atoms with Gasteiger partial charge in [-0.2, -0.15) is 0 Å². The Morgan fingerprint density at radius 2 is 1.90 bits per heavy atom. The minimum Gasteiger partial charge on any atom is -0.497 e. The number of hydrogen-bond acceptors (Lipinski definition) is 3. The molecule has 5 heteroatoms. The van der Waals surface area contributed by atoms with Crippen molar-refractivity contribution in [1.82, 2.24) is 9.55 Å². The van der Waals surface area contributed by atoms with Crippen LogP contribution in [0.3, 0.4) is 0 Å². The van der Waals surface area contributed by atoms with Gasteiger partial charge in [0.25, 0.3) is 0 Å². The summed E-state index contributed by atoms with van der Waals surface area (Å²) in [6.45, 7) is 2.58. The fourth-order valence-corrected chi connectivity index (χ4v) is 2.67. The van der Waals surface area contributed by atoms with Crippen LogP contribution in [-0.4, -0.2) is 23.3 Å². The molecule has 0 aliphatic rings. The molecule has 21 heavy (non-hydrogen) atoms. The monoisotopic (exact) mass is 300 g/mol. The minimum atomic E-state index is 0.618. The van der Waals surface area contributed by atoms with Crippen LogP contribution >= 0.6 is 12.2 Å². The van der Waals surface area contributed by atoms with Crippen molar-refractivity contribution in [3.8, 4) is 17.2 Å². The summed E-state index contributed by atoms with van der Waals surface area (Å²) in [6, 6.07) is 13.7. The van der Waals surface area contributed by atoms with E-state index in [0.29, 0.717) is 11.4 Å². The van der Waals surface area contributed by atoms with Gasteiger partial charge in [-0.3, -0.25) is 4.57 Å². The number of ether oxygens (including phenoxy) is 2. The van der Waals surface area contributed by atoms with Gasteiger partial charge in [0.2, 0.25) is 0 Å². The summed E-state index contributed by atoms with van der Waals surface area (Å²) >= 11 is 5.46. The molecule has 1 heterocycles. The molecule has 3 aromatic rings. The van der Waals surface area contributed by atoms with E-state index in [2.05, 4.69) is 4.98 Å². The highest BCUT2D eigenvalue weighted by Gasteiger charge is 2.10. The maximum absolute atomic E-state index is 5.65. The van der Waals surface area contributed by atoms with E-state index in [1.807, 2.05) is 54.0 Å². The number of nitrogens with one attached hydrogen (secondary N) is 1. The van der Waals surface area contributed by atoms with Gasteiger partial charge in [-0.1, -0.05) is 6.07 Å². The molecule has 108 valence electrons. The SMILES string of the molecule is CCOc1cccc2c1[nH]c(=S)n2-c1ccc(OC)cc1. The number of fused-ring (bicyclic) bond motifs is 1. The summed E-state index contributed by atoms with van der Waals surface area (Å²) in [7, 11) is 1.65. The molecule has 0 atom stereocenters. The van der Waals surface area contributed by atoms with Gasteiger partial charge in [0.05, 0.1) is 19.2 Å². The van der Waals surface area contributed by atoms with Gasteiger partial charge < -0.3 is 14.5 Å². The average molecular weight is 300 g/mol. The van der Waals surface area contributed by atoms with Crippen molar-refractivity contribution in [2.75, 3.05) is 13.7 Å². The number of rotatable bonds is 4. The molecule has 0 bridgehead atoms. The van der Waals surface area contributed by atoms with Crippen molar-refractivity contribution in [3.05, 3.63) is 47.2 Å². The molecule has 3 rings (SSSR count). The Labute approximate surface area is 127 Å². The number of H-pyrrole nitrogens is 1. The van der Waals surface area contributed by atoms with Crippen molar-refractivity contribution in [2.45, 2.75) is 6.92 Å². The van der Waals surface area contributed by atoms with E-state index in [9.17, 15) is 0 Å². The minimum absolute atomic E-state index is 0.618. The molecule has 1 N–H and O–H groups in total. The Morgan fingerprint density at radius 1 is 1.14 bits per heavy atom. The van der Waals surface area contributed by atoms with Crippen LogP contribution in [0.1, 0.15) is 6.92 Å². The first-order valence-electron chi connectivity index (χ1n) is 6.75. The second-order valence-corrected chi connectivity index (χ2v) is 4.93. The fourth-order valence-electron chi connectivity index (χ4n) is 2.37. The predicted molar refractivity (Wildman–Crippen MR) is 86.2 cm³/mol. The first-order valence-corrected chi connectivity index (χ1v) is 7.16. The summed E-state index contributed by atoms with van der Waals surface area (Å²) in [5.41, 5.74) is 2.90. The topological polar surface area (TPSA) is 39.2 Å². The van der Waals surface area contributed by atoms with E-state index in [-0.39, 0.29) is 0 Å². The molecule has 0 spiro atoms. The normalized spacial score (nSPS) is 10.8. The largest absolute Gasteiger partial charge is 0.497 e. The van der Waals surface area contributed by atoms with Crippen LogP contribution in [0.4, 0.5) is 0 Å². The number of para-hydroxylation sites is 1. The molecule has 0 aliphatic carbocycles. The van der Waals surface area contributed by atoms with Crippen molar-refractivity contribution < 1.29 is 9.47 Å². The summed E-state index contributed by atoms with van der Waals surface area (Å²) in [6.07, 6.45) is 0. The van der Waals surface area contributed by atoms with Crippen LogP contribution in [0.25, 0.3) is 16.7 Å². The third-order valence-corrected chi connectivity index (χ3v) is 3.60. The summed E-state index contributed by atoms with van der Waals surface area (Å²) in [4.78, 5) is 3.23. The van der Waals surface area contributed by atoms with Crippen molar-refractivity contribution in [1.29, 1.82) is 0 Å². The second-order valence-electron chi connectivity index (χ2n) is 4.55. The maximum atomic E-state index is 5.65. The zero-order chi connectivity index (χ0) is 14.8. The molecular formula is C16H16N2O2S. The molecule has 0 unspecified atom stereocenters. The van der Waals surface area contributed by atoms with Gasteiger partial charge in [0.15, 0.2) is 4.77 Å². The summed E-state index contributed by atoms with van der Waals surface area (Å²) < 4.78 is 13.5. The lowest BCUT2D eigenvalue weighted by atomic mass is 10.2. The van der Waals surface area contributed by atoms with E-state index in [4.69, 9.17) is 21.7 Å². The lowest BCUT2D eigenvalue weighted by Gasteiger charge is -2.07. The predicted octanol–water partition coefficient (Wildman–Crippen LogP) is 4.10. The Morgan fingerprint density at radius 3 is 2.57 bits per heavy atom. The van der Waals surface area contributed by atoms with E-state index in [1.165, 1.54) is 0 Å². The van der Waals surface area contributed by atoms with Crippen molar-refractivity contribution in [3.63, 3.8) is 0 Å². The zero-order valence-corrected chi connectivity index (χ0v) is 12.7. The van der Waals surface area contributed by atoms with Crippen LogP contribution in [-0.2, 0) is 0 Å². The van der Waals surface area contributed by atoms with Gasteiger partial charge in [0, 0.05) is 5.69 Å². The van der Waals surface area contributed by atoms with E-state index in [0.717, 1.165) is 28.2 Å². The number of hydrogen-bond donors (Lipinski definition) is 1. The molecular weight excluding hydrogens is 284 g/mol. The van der Waals surface area contributed by atoms with Gasteiger partial charge in [-0.25, -0.2) is 0 Å². The number of aromatic nitrogens is 2. The Bertz CT molecular complexity index is 818. The molecule has 0 aliphatic heterocycles. The Kier molecular flexibility index (Phi) is 3.66. The van der Waals surface area contributed by atoms with E-state index < -0.39 is 0 Å². The first-order chi connectivity index (χ1) is 10.2. The summed E-state index contributed by atoms with van der Waals surface area (Å²) in [5.74, 6) is 1.63. The number of aromatic amines is 1. The lowest BCUT2D eigenvalue weighted by molar-refractivity contribution is 0.343. The van der Waals surface area contributed by atoms with Crippen LogP contribution in [0.5, 0.6) is 11.5 Å². The highest BCUT2D eigenvalue weighted by atomic mass is 32.1. The molecule has 1 aromatic heterocycles. The highest BCUT2D eigenvalue weighted by Crippen LogP contribution is 2.27. The van der Waals surface area contributed by atoms with Gasteiger partial charge in [0.1, 0.15) is 17.0 Å². The average Bonchev–Trinajstić information content (AvgIpc) is 2.85. The number of methoxy groups -OCH3 is 1. The Balaban J connectivity index is 2.20. The van der Waals surface area contributed by atoms with Crippen LogP contribution < -0.4 is 9.47 Å². The van der Waals surface area contributed by atoms with Gasteiger partial charge in [-0.15, -0.1) is 0 Å². The van der Waals surface area contributed by atoms with Gasteiger partial charge in [-0.05, 0) is 55.5 Å². The zero-order valence-electron chi connectivity index (χ0n) is 11.9. The first kappa shape index (κ1) is 13.7. The maximum Gasteiger partial charge on any atom is 0.182 e. The standard InChI is InChI=1S/C16H16N2O2S/c1-3-20-14-6-4-5-13-15(14)17-16(21)18(13)11-7-9-12(19-2)10-8-11/h4-10H,3H2,1-2H3,(H,17,21). The molecule has 0 fully saturated rings. The van der Waals surface area contributed by atoms with E-state index >= 15 is 0 Å². The Hall–Kier alpha value is -2.27. The molecule has 4 nitrogen and oxygen atoms in total. The van der Waals surface area contributed by atoms with Crippen LogP contribution in [0.15, 0.2) is 42.5 Å². The second kappa shape index (κ2) is 5.61. The third-order valence-electron chi connectivity index (χ3n) is 3.31. The molecule has 2 aromatic carbocycles. The van der Waals surface area contributed by atoms with E-state index in [1.54, 1.807) is 7.11 Å². The van der Waals surface area contributed by atoms with Crippen LogP contribution in [0, 0.1) is 4.77 Å². The van der Waals surface area contributed by atoms with Crippen LogP contribution in [0.2, 0.25) is 0 Å². The number of imidazole rings is 1. The molecule has 0 amide bonds. The quantitative estimate of drug-likeness (QED) is 0.737. The third kappa shape index (κ3) is 2.40. The number of benzene rings is 2. The molecule has 0 radical (unpaired) electrons. The number of nitrogens with zero attached hydrogens (tertiary/aromatic N) is 1. The summed E-state index contributed by atoms with van der Waals surface area (Å²) in [5, 5.41) is 0. The molecule has 0 saturated carbocycles. The highest BCUT2D eigenvalue weighted by molar-refractivity contribution is 7.71. The van der Waals surface area contributed by atoms with Crippen molar-refractivity contribution in [2.24, 2.45) is 0 Å². The van der Waals surface area contributed by atoms with Crippen molar-refractivity contribution >= 4 is 23.3 Å².